The van der Waals surface area contributed by atoms with E-state index >= 15 is 0 Å². The lowest BCUT2D eigenvalue weighted by Crippen LogP contribution is -2.31. The Labute approximate surface area is 144 Å². The van der Waals surface area contributed by atoms with Gasteiger partial charge >= 0.3 is 0 Å². The van der Waals surface area contributed by atoms with Crippen LogP contribution in [0.2, 0.25) is 0 Å². The third-order valence-electron chi connectivity index (χ3n) is 4.41. The van der Waals surface area contributed by atoms with E-state index in [0.29, 0.717) is 25.5 Å². The van der Waals surface area contributed by atoms with Gasteiger partial charge in [0.05, 0.1) is 6.04 Å². The maximum absolute atomic E-state index is 12.8. The second kappa shape index (κ2) is 6.41. The summed E-state index contributed by atoms with van der Waals surface area (Å²) in [5.41, 5.74) is 7.17. The molecule has 1 aromatic heterocycles. The minimum atomic E-state index is -0.0247. The van der Waals surface area contributed by atoms with Crippen LogP contribution in [0.15, 0.2) is 23.6 Å². The minimum absolute atomic E-state index is 0.0247. The predicted octanol–water partition coefficient (Wildman–Crippen LogP) is 2.35. The van der Waals surface area contributed by atoms with Crippen molar-refractivity contribution in [2.45, 2.75) is 25.4 Å². The number of fused-ring (bicyclic) bond motifs is 1. The van der Waals surface area contributed by atoms with Crippen LogP contribution in [0, 0.1) is 0 Å². The largest absolute Gasteiger partial charge is 0.486 e. The lowest BCUT2D eigenvalue weighted by atomic mass is 10.0. The molecule has 6 nitrogen and oxygen atoms in total. The molecule has 0 aliphatic carbocycles. The van der Waals surface area contributed by atoms with Crippen molar-refractivity contribution in [3.63, 3.8) is 0 Å². The Kier molecular flexibility index (Phi) is 4.12. The Hall–Kier alpha value is -2.12. The third kappa shape index (κ3) is 2.74. The Balaban J connectivity index is 1.59. The van der Waals surface area contributed by atoms with Crippen LogP contribution in [-0.2, 0) is 6.54 Å². The number of carbonyl (C=O) groups excluding carboxylic acids is 1. The lowest BCUT2D eigenvalue weighted by molar-refractivity contribution is 0.0730. The topological polar surface area (TPSA) is 77.7 Å². The number of aromatic nitrogens is 1. The zero-order chi connectivity index (χ0) is 16.5. The van der Waals surface area contributed by atoms with Crippen LogP contribution < -0.4 is 15.2 Å². The van der Waals surface area contributed by atoms with Gasteiger partial charge in [0, 0.05) is 18.5 Å². The van der Waals surface area contributed by atoms with Gasteiger partial charge in [0.2, 0.25) is 0 Å². The fourth-order valence-electron chi connectivity index (χ4n) is 3.27. The van der Waals surface area contributed by atoms with Gasteiger partial charge in [-0.25, -0.2) is 4.98 Å². The standard InChI is InChI=1S/C17H19N3O3S/c18-9-16-19-12(10-24-16)17(21)20-5-1-2-13(20)11-3-4-14-15(8-11)23-7-6-22-14/h3-4,8,10,13H,1-2,5-7,9,18H2. The fourth-order valence-corrected chi connectivity index (χ4v) is 3.92. The molecule has 1 atom stereocenters. The highest BCUT2D eigenvalue weighted by Crippen LogP contribution is 2.38. The van der Waals surface area contributed by atoms with Crippen molar-refractivity contribution in [3.05, 3.63) is 39.8 Å². The number of hydrogen-bond acceptors (Lipinski definition) is 6. The highest BCUT2D eigenvalue weighted by Gasteiger charge is 2.32. The van der Waals surface area contributed by atoms with Gasteiger partial charge in [-0.15, -0.1) is 11.3 Å². The van der Waals surface area contributed by atoms with Gasteiger partial charge in [-0.3, -0.25) is 4.79 Å². The van der Waals surface area contributed by atoms with Crippen molar-refractivity contribution < 1.29 is 14.3 Å². The molecule has 3 heterocycles. The van der Waals surface area contributed by atoms with Crippen molar-refractivity contribution in [2.75, 3.05) is 19.8 Å². The first-order valence-electron chi connectivity index (χ1n) is 8.11. The van der Waals surface area contributed by atoms with Crippen LogP contribution in [0.4, 0.5) is 0 Å². The maximum Gasteiger partial charge on any atom is 0.273 e. The van der Waals surface area contributed by atoms with Crippen molar-refractivity contribution >= 4 is 17.2 Å². The summed E-state index contributed by atoms with van der Waals surface area (Å²) in [6, 6.07) is 6.00. The first-order chi connectivity index (χ1) is 11.8. The van der Waals surface area contributed by atoms with E-state index in [2.05, 4.69) is 4.98 Å². The van der Waals surface area contributed by atoms with Gasteiger partial charge in [-0.2, -0.15) is 0 Å². The van der Waals surface area contributed by atoms with Crippen LogP contribution in [-0.4, -0.2) is 35.5 Å². The molecule has 1 saturated heterocycles. The Bertz CT molecular complexity index is 761. The van der Waals surface area contributed by atoms with E-state index in [0.717, 1.165) is 41.5 Å². The van der Waals surface area contributed by atoms with Gasteiger partial charge in [0.15, 0.2) is 11.5 Å². The minimum Gasteiger partial charge on any atom is -0.486 e. The zero-order valence-corrected chi connectivity index (χ0v) is 14.1. The molecular formula is C17H19N3O3S. The summed E-state index contributed by atoms with van der Waals surface area (Å²) in [6.07, 6.45) is 1.93. The van der Waals surface area contributed by atoms with E-state index in [1.54, 1.807) is 5.38 Å². The number of rotatable bonds is 3. The van der Waals surface area contributed by atoms with Crippen LogP contribution in [0.3, 0.4) is 0 Å². The number of carbonyl (C=O) groups is 1. The number of hydrogen-bond donors (Lipinski definition) is 1. The molecule has 0 saturated carbocycles. The van der Waals surface area contributed by atoms with Crippen LogP contribution in [0.25, 0.3) is 0 Å². The van der Waals surface area contributed by atoms with E-state index < -0.39 is 0 Å². The van der Waals surface area contributed by atoms with Crippen LogP contribution >= 0.6 is 11.3 Å². The molecule has 0 spiro atoms. The number of thiazole rings is 1. The second-order valence-corrected chi connectivity index (χ2v) is 6.83. The van der Waals surface area contributed by atoms with E-state index in [-0.39, 0.29) is 11.9 Å². The summed E-state index contributed by atoms with van der Waals surface area (Å²) in [6.45, 7) is 2.25. The molecule has 2 aromatic rings. The highest BCUT2D eigenvalue weighted by molar-refractivity contribution is 7.09. The van der Waals surface area contributed by atoms with E-state index in [9.17, 15) is 4.79 Å². The predicted molar refractivity (Wildman–Crippen MR) is 90.4 cm³/mol. The van der Waals surface area contributed by atoms with E-state index in [1.807, 2.05) is 23.1 Å². The molecule has 2 N–H and O–H groups in total. The van der Waals surface area contributed by atoms with Crippen LogP contribution in [0.5, 0.6) is 11.5 Å². The highest BCUT2D eigenvalue weighted by atomic mass is 32.1. The monoisotopic (exact) mass is 345 g/mol. The molecule has 2 aliphatic heterocycles. The summed E-state index contributed by atoms with van der Waals surface area (Å²) in [7, 11) is 0. The number of likely N-dealkylation sites (tertiary alicyclic amines) is 1. The van der Waals surface area contributed by atoms with Crippen molar-refractivity contribution in [1.82, 2.24) is 9.88 Å². The Morgan fingerprint density at radius 1 is 1.33 bits per heavy atom. The quantitative estimate of drug-likeness (QED) is 0.924. The summed E-state index contributed by atoms with van der Waals surface area (Å²) in [5, 5.41) is 2.58. The molecule has 2 aliphatic rings. The lowest BCUT2D eigenvalue weighted by Gasteiger charge is -2.26. The number of nitrogens with two attached hydrogens (primary N) is 1. The van der Waals surface area contributed by atoms with Crippen molar-refractivity contribution in [2.24, 2.45) is 5.73 Å². The van der Waals surface area contributed by atoms with Gasteiger partial charge in [-0.1, -0.05) is 6.07 Å². The summed E-state index contributed by atoms with van der Waals surface area (Å²) in [5.74, 6) is 1.51. The van der Waals surface area contributed by atoms with Gasteiger partial charge in [0.25, 0.3) is 5.91 Å². The molecular weight excluding hydrogens is 326 g/mol. The first kappa shape index (κ1) is 15.4. The maximum atomic E-state index is 12.8. The third-order valence-corrected chi connectivity index (χ3v) is 5.28. The van der Waals surface area contributed by atoms with Gasteiger partial charge < -0.3 is 20.1 Å². The average Bonchev–Trinajstić information content (AvgIpc) is 3.30. The van der Waals surface area contributed by atoms with Crippen molar-refractivity contribution in [3.8, 4) is 11.5 Å². The number of ether oxygens (including phenoxy) is 2. The summed E-state index contributed by atoms with van der Waals surface area (Å²) in [4.78, 5) is 19.1. The van der Waals surface area contributed by atoms with E-state index in [1.165, 1.54) is 11.3 Å². The molecule has 1 unspecified atom stereocenters. The summed E-state index contributed by atoms with van der Waals surface area (Å²) < 4.78 is 11.2. The number of amides is 1. The second-order valence-electron chi connectivity index (χ2n) is 5.89. The van der Waals surface area contributed by atoms with Gasteiger partial charge in [0.1, 0.15) is 23.9 Å². The first-order valence-corrected chi connectivity index (χ1v) is 8.99. The zero-order valence-electron chi connectivity index (χ0n) is 13.2. The van der Waals surface area contributed by atoms with Crippen molar-refractivity contribution in [1.29, 1.82) is 0 Å². The molecule has 126 valence electrons. The molecule has 1 aromatic carbocycles. The molecule has 0 bridgehead atoms. The summed E-state index contributed by atoms with van der Waals surface area (Å²) >= 11 is 1.43. The molecule has 0 radical (unpaired) electrons. The molecule has 1 amide bonds. The SMILES string of the molecule is NCc1nc(C(=O)N2CCCC2c2ccc3c(c2)OCCO3)cs1. The fraction of sp³-hybridized carbons (Fsp3) is 0.412. The molecule has 7 heteroatoms. The average molecular weight is 345 g/mol. The number of benzene rings is 1. The van der Waals surface area contributed by atoms with Crippen LogP contribution in [0.1, 0.15) is 39.9 Å². The molecule has 1 fully saturated rings. The molecule has 24 heavy (non-hydrogen) atoms. The Morgan fingerprint density at radius 3 is 2.96 bits per heavy atom. The normalized spacial score (nSPS) is 19.5. The van der Waals surface area contributed by atoms with E-state index in [4.69, 9.17) is 15.2 Å². The molecule has 4 rings (SSSR count). The number of nitrogens with zero attached hydrogens (tertiary/aromatic N) is 2. The Morgan fingerprint density at radius 2 is 2.17 bits per heavy atom. The smallest absolute Gasteiger partial charge is 0.273 e. The van der Waals surface area contributed by atoms with Gasteiger partial charge in [-0.05, 0) is 30.5 Å².